The molecule has 1 aromatic carbocycles. The fourth-order valence-electron chi connectivity index (χ4n) is 5.20. The molecule has 9 nitrogen and oxygen atoms in total. The molecule has 11 heteroatoms. The maximum absolute atomic E-state index is 14.1. The third-order valence-corrected chi connectivity index (χ3v) is 7.26. The fourth-order valence-corrected chi connectivity index (χ4v) is 5.20. The summed E-state index contributed by atoms with van der Waals surface area (Å²) in [6, 6.07) is 9.28. The second-order valence-electron chi connectivity index (χ2n) is 10.9. The van der Waals surface area contributed by atoms with Crippen molar-refractivity contribution in [1.82, 2.24) is 24.8 Å². The van der Waals surface area contributed by atoms with E-state index < -0.39 is 12.0 Å². The van der Waals surface area contributed by atoms with Crippen LogP contribution in [0.15, 0.2) is 30.3 Å². The molecule has 5 rings (SSSR count). The standard InChI is InChI=1S/C27H37F2N7O2/c1-27(2,37)17-31-19-9-7-18(8-10-19)16-30-26-33-22(35-11-13-38-14-12-35)15-23(34-26)36-21-6-4-3-5-20(21)32-25(36)24(28)29/h3-6,15,18-19,24,31,37H,7-14,16-17H2,1-2H3,(H,30,33,34). The van der Waals surface area contributed by atoms with Crippen molar-refractivity contribution in [2.75, 3.05) is 49.6 Å². The summed E-state index contributed by atoms with van der Waals surface area (Å²) >= 11 is 0. The Kier molecular flexibility index (Phi) is 8.06. The van der Waals surface area contributed by atoms with Crippen molar-refractivity contribution in [3.8, 4) is 5.82 Å². The average Bonchev–Trinajstić information content (AvgIpc) is 3.31. The minimum absolute atomic E-state index is 0.333. The molecule has 206 valence electrons. The van der Waals surface area contributed by atoms with Gasteiger partial charge in [-0.1, -0.05) is 12.1 Å². The first-order valence-electron chi connectivity index (χ1n) is 13.4. The highest BCUT2D eigenvalue weighted by molar-refractivity contribution is 5.78. The lowest BCUT2D eigenvalue weighted by Gasteiger charge is -2.31. The van der Waals surface area contributed by atoms with Gasteiger partial charge in [-0.15, -0.1) is 0 Å². The summed E-state index contributed by atoms with van der Waals surface area (Å²) < 4.78 is 35.1. The van der Waals surface area contributed by atoms with Gasteiger partial charge in [-0.25, -0.2) is 13.8 Å². The summed E-state index contributed by atoms with van der Waals surface area (Å²) in [7, 11) is 0. The first kappa shape index (κ1) is 26.7. The third kappa shape index (κ3) is 6.39. The Morgan fingerprint density at radius 3 is 2.47 bits per heavy atom. The molecule has 38 heavy (non-hydrogen) atoms. The second-order valence-corrected chi connectivity index (χ2v) is 10.9. The lowest BCUT2D eigenvalue weighted by molar-refractivity contribution is 0.0736. The van der Waals surface area contributed by atoms with Crippen molar-refractivity contribution >= 4 is 22.8 Å². The monoisotopic (exact) mass is 529 g/mol. The Hall–Kier alpha value is -2.89. The molecule has 0 spiro atoms. The Bertz CT molecular complexity index is 1220. The number of nitrogens with one attached hydrogen (secondary N) is 2. The van der Waals surface area contributed by atoms with E-state index in [1.165, 1.54) is 4.57 Å². The largest absolute Gasteiger partial charge is 0.389 e. The van der Waals surface area contributed by atoms with Crippen LogP contribution in [-0.2, 0) is 4.74 Å². The van der Waals surface area contributed by atoms with Crippen LogP contribution in [0.25, 0.3) is 16.9 Å². The number of alkyl halides is 2. The van der Waals surface area contributed by atoms with E-state index in [-0.39, 0.29) is 5.82 Å². The number of morpholine rings is 1. The van der Waals surface area contributed by atoms with Crippen LogP contribution in [0.3, 0.4) is 0 Å². The topological polar surface area (TPSA) is 100 Å². The molecule has 1 saturated carbocycles. The van der Waals surface area contributed by atoms with Gasteiger partial charge in [-0.05, 0) is 57.6 Å². The summed E-state index contributed by atoms with van der Waals surface area (Å²) in [5.41, 5.74) is 0.361. The molecule has 3 aromatic rings. The number of hydrogen-bond acceptors (Lipinski definition) is 8. The van der Waals surface area contributed by atoms with Crippen LogP contribution < -0.4 is 15.5 Å². The van der Waals surface area contributed by atoms with E-state index in [9.17, 15) is 13.9 Å². The number of para-hydroxylation sites is 2. The van der Waals surface area contributed by atoms with Crippen molar-refractivity contribution in [2.45, 2.75) is 57.6 Å². The SMILES string of the molecule is CC(C)(O)CNC1CCC(CNc2nc(N3CCOCC3)cc(-n3c(C(F)F)nc4ccccc43)n2)CC1. The van der Waals surface area contributed by atoms with Gasteiger partial charge in [0.25, 0.3) is 6.43 Å². The first-order valence-corrected chi connectivity index (χ1v) is 13.4. The van der Waals surface area contributed by atoms with Gasteiger partial charge in [-0.2, -0.15) is 9.97 Å². The number of imidazole rings is 1. The van der Waals surface area contributed by atoms with Crippen LogP contribution >= 0.6 is 0 Å². The van der Waals surface area contributed by atoms with E-state index in [0.29, 0.717) is 80.0 Å². The van der Waals surface area contributed by atoms with Gasteiger partial charge in [0.2, 0.25) is 5.95 Å². The van der Waals surface area contributed by atoms with Gasteiger partial charge in [0.05, 0.1) is 29.8 Å². The summed E-state index contributed by atoms with van der Waals surface area (Å²) in [4.78, 5) is 15.7. The highest BCUT2D eigenvalue weighted by Gasteiger charge is 2.25. The predicted octanol–water partition coefficient (Wildman–Crippen LogP) is 3.92. The zero-order valence-electron chi connectivity index (χ0n) is 22.0. The minimum atomic E-state index is -2.75. The van der Waals surface area contributed by atoms with Crippen LogP contribution in [0.4, 0.5) is 20.5 Å². The first-order chi connectivity index (χ1) is 18.3. The van der Waals surface area contributed by atoms with Crippen LogP contribution in [0.1, 0.15) is 51.8 Å². The number of halogens is 2. The number of benzene rings is 1. The van der Waals surface area contributed by atoms with Crippen molar-refractivity contribution < 1.29 is 18.6 Å². The molecule has 3 N–H and O–H groups in total. The molecule has 1 aliphatic carbocycles. The molecule has 2 fully saturated rings. The van der Waals surface area contributed by atoms with Crippen LogP contribution in [0.2, 0.25) is 0 Å². The highest BCUT2D eigenvalue weighted by Crippen LogP contribution is 2.30. The Balaban J connectivity index is 1.36. The Morgan fingerprint density at radius 1 is 1.05 bits per heavy atom. The number of hydrogen-bond donors (Lipinski definition) is 3. The number of fused-ring (bicyclic) bond motifs is 1. The van der Waals surface area contributed by atoms with Gasteiger partial charge in [-0.3, -0.25) is 4.57 Å². The summed E-state index contributed by atoms with van der Waals surface area (Å²) in [6.07, 6.45) is 1.44. The van der Waals surface area contributed by atoms with Crippen molar-refractivity contribution in [2.24, 2.45) is 5.92 Å². The third-order valence-electron chi connectivity index (χ3n) is 7.26. The van der Waals surface area contributed by atoms with E-state index in [0.717, 1.165) is 25.7 Å². The quantitative estimate of drug-likeness (QED) is 0.384. The zero-order valence-corrected chi connectivity index (χ0v) is 22.0. The molecule has 0 radical (unpaired) electrons. The van der Waals surface area contributed by atoms with Gasteiger partial charge < -0.3 is 25.4 Å². The number of ether oxygens (including phenoxy) is 1. The molecule has 0 unspecified atom stereocenters. The normalized spacial score (nSPS) is 20.8. The average molecular weight is 530 g/mol. The number of anilines is 2. The molecule has 1 aliphatic heterocycles. The van der Waals surface area contributed by atoms with Crippen molar-refractivity contribution in [1.29, 1.82) is 0 Å². The predicted molar refractivity (Wildman–Crippen MR) is 143 cm³/mol. The maximum atomic E-state index is 14.1. The number of nitrogens with zero attached hydrogens (tertiary/aromatic N) is 5. The number of aliphatic hydroxyl groups is 1. The molecule has 0 bridgehead atoms. The number of rotatable bonds is 9. The fraction of sp³-hybridized carbons (Fsp3) is 0.593. The summed E-state index contributed by atoms with van der Waals surface area (Å²) in [5.74, 6) is 1.59. The van der Waals surface area contributed by atoms with E-state index in [1.807, 2.05) is 19.9 Å². The van der Waals surface area contributed by atoms with E-state index in [1.54, 1.807) is 24.3 Å². The van der Waals surface area contributed by atoms with Crippen LogP contribution in [0.5, 0.6) is 0 Å². The summed E-state index contributed by atoms with van der Waals surface area (Å²) in [6.45, 7) is 7.42. The summed E-state index contributed by atoms with van der Waals surface area (Å²) in [5, 5.41) is 16.9. The molecule has 1 saturated heterocycles. The van der Waals surface area contributed by atoms with Gasteiger partial charge in [0.15, 0.2) is 5.82 Å². The molecule has 2 aromatic heterocycles. The highest BCUT2D eigenvalue weighted by atomic mass is 19.3. The lowest BCUT2D eigenvalue weighted by Crippen LogP contribution is -2.42. The second kappa shape index (κ2) is 11.5. The number of aromatic nitrogens is 4. The van der Waals surface area contributed by atoms with Gasteiger partial charge in [0.1, 0.15) is 11.6 Å². The smallest absolute Gasteiger partial charge is 0.296 e. The lowest BCUT2D eigenvalue weighted by atomic mass is 9.86. The van der Waals surface area contributed by atoms with Crippen LogP contribution in [-0.4, -0.2) is 75.7 Å². The van der Waals surface area contributed by atoms with E-state index >= 15 is 0 Å². The van der Waals surface area contributed by atoms with Crippen molar-refractivity contribution in [3.63, 3.8) is 0 Å². The zero-order chi connectivity index (χ0) is 26.7. The minimum Gasteiger partial charge on any atom is -0.389 e. The molecule has 3 heterocycles. The van der Waals surface area contributed by atoms with E-state index in [4.69, 9.17) is 9.72 Å². The van der Waals surface area contributed by atoms with Crippen molar-refractivity contribution in [3.05, 3.63) is 36.2 Å². The Morgan fingerprint density at radius 2 is 1.76 bits per heavy atom. The van der Waals surface area contributed by atoms with E-state index in [2.05, 4.69) is 25.5 Å². The maximum Gasteiger partial charge on any atom is 0.296 e. The van der Waals surface area contributed by atoms with Crippen LogP contribution in [0, 0.1) is 5.92 Å². The molecular weight excluding hydrogens is 492 g/mol. The molecule has 0 atom stereocenters. The Labute approximate surface area is 221 Å². The van der Waals surface area contributed by atoms with Gasteiger partial charge >= 0.3 is 0 Å². The molecule has 2 aliphatic rings. The van der Waals surface area contributed by atoms with Gasteiger partial charge in [0, 0.05) is 38.3 Å². The molecule has 0 amide bonds. The molecular formula is C27H37F2N7O2.